The number of rotatable bonds is 4. The summed E-state index contributed by atoms with van der Waals surface area (Å²) in [5.74, 6) is 0.972. The lowest BCUT2D eigenvalue weighted by Gasteiger charge is -2.26. The fourth-order valence-corrected chi connectivity index (χ4v) is 2.36. The molecule has 0 aliphatic heterocycles. The second kappa shape index (κ2) is 5.85. The van der Waals surface area contributed by atoms with E-state index < -0.39 is 0 Å². The second-order valence-corrected chi connectivity index (χ2v) is 4.66. The monoisotopic (exact) mass is 255 g/mol. The third kappa shape index (κ3) is 2.61. The minimum absolute atomic E-state index is 0.511. The lowest BCUT2D eigenvalue weighted by atomic mass is 10.1. The van der Waals surface area contributed by atoms with Crippen molar-refractivity contribution in [1.29, 1.82) is 0 Å². The van der Waals surface area contributed by atoms with Crippen LogP contribution in [0, 0.1) is 13.8 Å². The summed E-state index contributed by atoms with van der Waals surface area (Å²) in [4.78, 5) is 6.77. The minimum Gasteiger partial charge on any atom is -0.326 e. The first-order valence-corrected chi connectivity index (χ1v) is 6.66. The topological polar surface area (TPSA) is 42.2 Å². The van der Waals surface area contributed by atoms with E-state index in [1.165, 1.54) is 16.8 Å². The Kier molecular flexibility index (Phi) is 4.17. The number of aromatic nitrogens is 1. The number of benzene rings is 1. The maximum Gasteiger partial charge on any atom is 0.137 e. The highest BCUT2D eigenvalue weighted by molar-refractivity contribution is 5.66. The van der Waals surface area contributed by atoms with Crippen LogP contribution in [0.5, 0.6) is 0 Å². The molecule has 0 aliphatic carbocycles. The van der Waals surface area contributed by atoms with Gasteiger partial charge in [0.2, 0.25) is 0 Å². The second-order valence-electron chi connectivity index (χ2n) is 4.66. The minimum atomic E-state index is 0.511. The van der Waals surface area contributed by atoms with Crippen LogP contribution in [0.2, 0.25) is 0 Å². The number of anilines is 2. The number of hydrogen-bond donors (Lipinski definition) is 1. The van der Waals surface area contributed by atoms with Crippen molar-refractivity contribution in [3.8, 4) is 0 Å². The Labute approximate surface area is 115 Å². The van der Waals surface area contributed by atoms with Crippen molar-refractivity contribution in [2.75, 3.05) is 11.4 Å². The normalized spacial score (nSPS) is 10.5. The quantitative estimate of drug-likeness (QED) is 0.911. The van der Waals surface area contributed by atoms with E-state index in [9.17, 15) is 0 Å². The number of pyridine rings is 1. The van der Waals surface area contributed by atoms with Crippen LogP contribution in [0.4, 0.5) is 11.5 Å². The van der Waals surface area contributed by atoms with Crippen molar-refractivity contribution in [3.05, 3.63) is 53.2 Å². The van der Waals surface area contributed by atoms with Crippen molar-refractivity contribution in [3.63, 3.8) is 0 Å². The first-order valence-electron chi connectivity index (χ1n) is 6.66. The Hall–Kier alpha value is -1.87. The van der Waals surface area contributed by atoms with E-state index >= 15 is 0 Å². The van der Waals surface area contributed by atoms with E-state index in [1.54, 1.807) is 0 Å². The van der Waals surface area contributed by atoms with Crippen molar-refractivity contribution in [2.24, 2.45) is 5.73 Å². The summed E-state index contributed by atoms with van der Waals surface area (Å²) in [6.07, 6.45) is 1.85. The summed E-state index contributed by atoms with van der Waals surface area (Å²) < 4.78 is 0. The highest BCUT2D eigenvalue weighted by atomic mass is 15.2. The van der Waals surface area contributed by atoms with Gasteiger partial charge in [-0.1, -0.05) is 18.2 Å². The van der Waals surface area contributed by atoms with Crippen LogP contribution in [0.1, 0.15) is 23.6 Å². The molecule has 0 amide bonds. The number of para-hydroxylation sites is 1. The Morgan fingerprint density at radius 1 is 1.11 bits per heavy atom. The Bertz CT molecular complexity index is 564. The Balaban J connectivity index is 2.55. The molecule has 0 atom stereocenters. The van der Waals surface area contributed by atoms with Crippen LogP contribution in [-0.2, 0) is 6.54 Å². The SMILES string of the molecule is CCN(c1ccccc1C)c1nccc(C)c1CN. The molecule has 0 unspecified atom stereocenters. The average Bonchev–Trinajstić information content (AvgIpc) is 2.42. The smallest absolute Gasteiger partial charge is 0.137 e. The molecule has 0 aliphatic rings. The number of aryl methyl sites for hydroxylation is 2. The summed E-state index contributed by atoms with van der Waals surface area (Å²) in [6, 6.07) is 10.4. The van der Waals surface area contributed by atoms with Crippen molar-refractivity contribution in [1.82, 2.24) is 4.98 Å². The van der Waals surface area contributed by atoms with Gasteiger partial charge in [-0.05, 0) is 44.0 Å². The van der Waals surface area contributed by atoms with E-state index in [-0.39, 0.29) is 0 Å². The summed E-state index contributed by atoms with van der Waals surface area (Å²) in [6.45, 7) is 7.72. The molecular formula is C16H21N3. The highest BCUT2D eigenvalue weighted by Crippen LogP contribution is 2.29. The van der Waals surface area contributed by atoms with Crippen LogP contribution >= 0.6 is 0 Å². The predicted molar refractivity (Wildman–Crippen MR) is 80.7 cm³/mol. The van der Waals surface area contributed by atoms with Crippen LogP contribution < -0.4 is 10.6 Å². The molecule has 2 rings (SSSR count). The zero-order valence-electron chi connectivity index (χ0n) is 11.9. The lowest BCUT2D eigenvalue weighted by Crippen LogP contribution is -2.21. The molecule has 19 heavy (non-hydrogen) atoms. The number of nitrogens with two attached hydrogens (primary N) is 1. The van der Waals surface area contributed by atoms with Gasteiger partial charge in [0, 0.05) is 30.5 Å². The first kappa shape index (κ1) is 13.6. The Morgan fingerprint density at radius 3 is 2.47 bits per heavy atom. The highest BCUT2D eigenvalue weighted by Gasteiger charge is 2.15. The van der Waals surface area contributed by atoms with Gasteiger partial charge in [0.25, 0.3) is 0 Å². The summed E-state index contributed by atoms with van der Waals surface area (Å²) >= 11 is 0. The molecule has 0 saturated heterocycles. The van der Waals surface area contributed by atoms with E-state index in [4.69, 9.17) is 5.73 Å². The van der Waals surface area contributed by atoms with Crippen LogP contribution in [0.25, 0.3) is 0 Å². The number of hydrogen-bond acceptors (Lipinski definition) is 3. The van der Waals surface area contributed by atoms with Gasteiger partial charge in [-0.15, -0.1) is 0 Å². The zero-order valence-corrected chi connectivity index (χ0v) is 11.9. The summed E-state index contributed by atoms with van der Waals surface area (Å²) in [7, 11) is 0. The lowest BCUT2D eigenvalue weighted by molar-refractivity contribution is 0.935. The molecule has 3 heteroatoms. The maximum absolute atomic E-state index is 5.89. The molecular weight excluding hydrogens is 234 g/mol. The van der Waals surface area contributed by atoms with Gasteiger partial charge in [0.1, 0.15) is 5.82 Å². The van der Waals surface area contributed by atoms with Gasteiger partial charge in [-0.2, -0.15) is 0 Å². The van der Waals surface area contributed by atoms with E-state index in [0.717, 1.165) is 17.9 Å². The van der Waals surface area contributed by atoms with E-state index in [1.807, 2.05) is 12.3 Å². The van der Waals surface area contributed by atoms with E-state index in [0.29, 0.717) is 6.54 Å². The fourth-order valence-electron chi connectivity index (χ4n) is 2.36. The molecule has 0 spiro atoms. The molecule has 3 nitrogen and oxygen atoms in total. The molecule has 1 aromatic carbocycles. The first-order chi connectivity index (χ1) is 9.19. The van der Waals surface area contributed by atoms with Gasteiger partial charge < -0.3 is 10.6 Å². The fraction of sp³-hybridized carbons (Fsp3) is 0.312. The summed E-state index contributed by atoms with van der Waals surface area (Å²) in [5.41, 5.74) is 10.6. The van der Waals surface area contributed by atoms with Crippen molar-refractivity contribution >= 4 is 11.5 Å². The molecule has 1 heterocycles. The van der Waals surface area contributed by atoms with E-state index in [2.05, 4.69) is 54.9 Å². The largest absolute Gasteiger partial charge is 0.326 e. The molecule has 2 aromatic rings. The van der Waals surface area contributed by atoms with Crippen LogP contribution in [0.15, 0.2) is 36.5 Å². The molecule has 0 saturated carbocycles. The Morgan fingerprint density at radius 2 is 1.84 bits per heavy atom. The van der Waals surface area contributed by atoms with Crippen molar-refractivity contribution < 1.29 is 0 Å². The summed E-state index contributed by atoms with van der Waals surface area (Å²) in [5, 5.41) is 0. The molecule has 100 valence electrons. The average molecular weight is 255 g/mol. The number of nitrogens with zero attached hydrogens (tertiary/aromatic N) is 2. The molecule has 0 radical (unpaired) electrons. The predicted octanol–water partition coefficient (Wildman–Crippen LogP) is 3.32. The molecule has 2 N–H and O–H groups in total. The van der Waals surface area contributed by atoms with Crippen LogP contribution in [0.3, 0.4) is 0 Å². The van der Waals surface area contributed by atoms with Gasteiger partial charge in [0.05, 0.1) is 0 Å². The van der Waals surface area contributed by atoms with Crippen molar-refractivity contribution in [2.45, 2.75) is 27.3 Å². The molecule has 1 aromatic heterocycles. The standard InChI is InChI=1S/C16H21N3/c1-4-19(15-8-6-5-7-13(15)3)16-14(11-17)12(2)9-10-18-16/h5-10H,4,11,17H2,1-3H3. The van der Waals surface area contributed by atoms with Gasteiger partial charge in [0.15, 0.2) is 0 Å². The van der Waals surface area contributed by atoms with Gasteiger partial charge >= 0.3 is 0 Å². The molecule has 0 bridgehead atoms. The third-order valence-electron chi connectivity index (χ3n) is 3.45. The maximum atomic E-state index is 5.89. The van der Waals surface area contributed by atoms with Gasteiger partial charge in [-0.3, -0.25) is 0 Å². The van der Waals surface area contributed by atoms with Crippen LogP contribution in [-0.4, -0.2) is 11.5 Å². The third-order valence-corrected chi connectivity index (χ3v) is 3.45. The zero-order chi connectivity index (χ0) is 13.8. The van der Waals surface area contributed by atoms with Gasteiger partial charge in [-0.25, -0.2) is 4.98 Å². The molecule has 0 fully saturated rings.